The summed E-state index contributed by atoms with van der Waals surface area (Å²) in [5, 5.41) is 5.18. The second kappa shape index (κ2) is 7.74. The van der Waals surface area contributed by atoms with Crippen molar-refractivity contribution in [2.45, 2.75) is 25.2 Å². The van der Waals surface area contributed by atoms with Crippen LogP contribution >= 0.6 is 11.6 Å². The highest BCUT2D eigenvalue weighted by Crippen LogP contribution is 2.24. The fraction of sp³-hybridized carbons (Fsp3) is 0.462. The van der Waals surface area contributed by atoms with E-state index < -0.39 is 16.0 Å². The van der Waals surface area contributed by atoms with Crippen LogP contribution in [0.4, 0.5) is 0 Å². The lowest BCUT2D eigenvalue weighted by atomic mass is 10.1. The van der Waals surface area contributed by atoms with Gasteiger partial charge < -0.3 is 9.47 Å². The van der Waals surface area contributed by atoms with E-state index in [1.807, 2.05) is 6.92 Å². The van der Waals surface area contributed by atoms with Gasteiger partial charge in [-0.3, -0.25) is 0 Å². The molecule has 0 spiro atoms. The molecule has 21 heavy (non-hydrogen) atoms. The molecule has 0 aromatic heterocycles. The zero-order valence-corrected chi connectivity index (χ0v) is 13.5. The van der Waals surface area contributed by atoms with E-state index in [1.54, 1.807) is 6.92 Å². The fourth-order valence-corrected chi connectivity index (χ4v) is 2.40. The van der Waals surface area contributed by atoms with Crippen LogP contribution in [0.2, 0.25) is 5.02 Å². The molecule has 0 aliphatic heterocycles. The molecule has 0 saturated carbocycles. The van der Waals surface area contributed by atoms with Gasteiger partial charge in [0.2, 0.25) is 10.0 Å². The van der Waals surface area contributed by atoms with Gasteiger partial charge in [0, 0.05) is 11.6 Å². The van der Waals surface area contributed by atoms with Crippen LogP contribution in [-0.2, 0) is 19.5 Å². The third-order valence-electron chi connectivity index (χ3n) is 2.68. The number of sulfonamides is 1. The highest BCUT2D eigenvalue weighted by Gasteiger charge is 2.18. The largest absolute Gasteiger partial charge is 0.460 e. The highest BCUT2D eigenvalue weighted by molar-refractivity contribution is 7.89. The van der Waals surface area contributed by atoms with E-state index in [0.29, 0.717) is 12.2 Å². The molecule has 1 aromatic carbocycles. The minimum absolute atomic E-state index is 0.0713. The minimum Gasteiger partial charge on any atom is -0.460 e. The standard InChI is InChI=1S/C13H18ClNO5S/c1-3-4-19-5-6-20-13(16)11-7-10(21(15,17)18)8-12(14)9(11)2/h7-8H,3-6H2,1-2H3,(H2,15,17,18). The summed E-state index contributed by atoms with van der Waals surface area (Å²) < 4.78 is 32.9. The maximum atomic E-state index is 12.0. The van der Waals surface area contributed by atoms with Crippen LogP contribution < -0.4 is 5.14 Å². The summed E-state index contributed by atoms with van der Waals surface area (Å²) in [4.78, 5) is 11.7. The number of carbonyl (C=O) groups is 1. The number of carbonyl (C=O) groups excluding carboxylic acids is 1. The molecule has 0 saturated heterocycles. The van der Waals surface area contributed by atoms with E-state index in [1.165, 1.54) is 6.07 Å². The third-order valence-corrected chi connectivity index (χ3v) is 3.96. The Balaban J connectivity index is 2.86. The van der Waals surface area contributed by atoms with E-state index in [2.05, 4.69) is 0 Å². The molecular formula is C13H18ClNO5S. The minimum atomic E-state index is -3.95. The van der Waals surface area contributed by atoms with Crippen molar-refractivity contribution in [2.24, 2.45) is 5.14 Å². The molecule has 0 radical (unpaired) electrons. The van der Waals surface area contributed by atoms with Crippen molar-refractivity contribution >= 4 is 27.6 Å². The van der Waals surface area contributed by atoms with Crippen LogP contribution in [0.5, 0.6) is 0 Å². The smallest absolute Gasteiger partial charge is 0.338 e. The highest BCUT2D eigenvalue weighted by atomic mass is 35.5. The molecule has 0 heterocycles. The first kappa shape index (κ1) is 17.9. The number of nitrogens with two attached hydrogens (primary N) is 1. The Morgan fingerprint density at radius 1 is 1.29 bits per heavy atom. The summed E-state index contributed by atoms with van der Waals surface area (Å²) in [6, 6.07) is 2.36. The number of halogens is 1. The van der Waals surface area contributed by atoms with Gasteiger partial charge in [-0.25, -0.2) is 18.4 Å². The van der Waals surface area contributed by atoms with Crippen molar-refractivity contribution in [3.63, 3.8) is 0 Å². The van der Waals surface area contributed by atoms with Gasteiger partial charge in [-0.2, -0.15) is 0 Å². The molecule has 1 rings (SSSR count). The molecular weight excluding hydrogens is 318 g/mol. The molecule has 0 aliphatic carbocycles. The number of benzene rings is 1. The molecule has 8 heteroatoms. The Labute approximate surface area is 129 Å². The Morgan fingerprint density at radius 3 is 2.52 bits per heavy atom. The molecule has 1 aromatic rings. The second-order valence-corrected chi connectivity index (χ2v) is 6.34. The Hall–Kier alpha value is -1.15. The Kier molecular flexibility index (Phi) is 6.60. The number of hydrogen-bond acceptors (Lipinski definition) is 5. The average molecular weight is 336 g/mol. The summed E-state index contributed by atoms with van der Waals surface area (Å²) in [6.45, 7) is 4.51. The molecule has 0 unspecified atom stereocenters. The number of primary sulfonamides is 1. The van der Waals surface area contributed by atoms with Crippen molar-refractivity contribution < 1.29 is 22.7 Å². The monoisotopic (exact) mass is 335 g/mol. The molecule has 0 bridgehead atoms. The zero-order chi connectivity index (χ0) is 16.0. The van der Waals surface area contributed by atoms with Gasteiger partial charge >= 0.3 is 5.97 Å². The van der Waals surface area contributed by atoms with Crippen LogP contribution in [0, 0.1) is 6.92 Å². The van der Waals surface area contributed by atoms with E-state index in [4.69, 9.17) is 26.2 Å². The van der Waals surface area contributed by atoms with Crippen molar-refractivity contribution in [3.8, 4) is 0 Å². The average Bonchev–Trinajstić information content (AvgIpc) is 2.40. The predicted molar refractivity (Wildman–Crippen MR) is 79.0 cm³/mol. The number of esters is 1. The van der Waals surface area contributed by atoms with Gasteiger partial charge in [0.05, 0.1) is 17.1 Å². The van der Waals surface area contributed by atoms with Gasteiger partial charge in [0.1, 0.15) is 6.61 Å². The molecule has 0 aliphatic rings. The van der Waals surface area contributed by atoms with Crippen molar-refractivity contribution in [3.05, 3.63) is 28.3 Å². The van der Waals surface area contributed by atoms with Crippen LogP contribution in [-0.4, -0.2) is 34.2 Å². The van der Waals surface area contributed by atoms with Crippen LogP contribution in [0.3, 0.4) is 0 Å². The van der Waals surface area contributed by atoms with E-state index >= 15 is 0 Å². The third kappa shape index (κ3) is 5.28. The summed E-state index contributed by atoms with van der Waals surface area (Å²) >= 11 is 5.92. The first-order chi connectivity index (χ1) is 9.77. The maximum absolute atomic E-state index is 12.0. The fourth-order valence-electron chi connectivity index (χ4n) is 1.55. The van der Waals surface area contributed by atoms with Crippen LogP contribution in [0.1, 0.15) is 29.3 Å². The predicted octanol–water partition coefficient (Wildman–Crippen LogP) is 1.88. The molecule has 2 N–H and O–H groups in total. The summed E-state index contributed by atoms with van der Waals surface area (Å²) in [6.07, 6.45) is 0.874. The normalized spacial score (nSPS) is 11.4. The Bertz CT molecular complexity index is 615. The lowest BCUT2D eigenvalue weighted by Gasteiger charge is -2.10. The van der Waals surface area contributed by atoms with Gasteiger partial charge in [0.15, 0.2) is 0 Å². The molecule has 0 fully saturated rings. The van der Waals surface area contributed by atoms with Crippen molar-refractivity contribution in [1.29, 1.82) is 0 Å². The number of ether oxygens (including phenoxy) is 2. The van der Waals surface area contributed by atoms with Gasteiger partial charge in [-0.15, -0.1) is 0 Å². The van der Waals surface area contributed by atoms with Gasteiger partial charge in [0.25, 0.3) is 0 Å². The van der Waals surface area contributed by atoms with Gasteiger partial charge in [-0.05, 0) is 31.0 Å². The van der Waals surface area contributed by atoms with Gasteiger partial charge in [-0.1, -0.05) is 18.5 Å². The Morgan fingerprint density at radius 2 is 1.95 bits per heavy atom. The van der Waals surface area contributed by atoms with Crippen molar-refractivity contribution in [2.75, 3.05) is 19.8 Å². The van der Waals surface area contributed by atoms with Crippen LogP contribution in [0.25, 0.3) is 0 Å². The van der Waals surface area contributed by atoms with E-state index in [9.17, 15) is 13.2 Å². The van der Waals surface area contributed by atoms with Crippen LogP contribution in [0.15, 0.2) is 17.0 Å². The quantitative estimate of drug-likeness (QED) is 0.606. The summed E-state index contributed by atoms with van der Waals surface area (Å²) in [5.41, 5.74) is 0.505. The maximum Gasteiger partial charge on any atom is 0.338 e. The SMILES string of the molecule is CCCOCCOC(=O)c1cc(S(N)(=O)=O)cc(Cl)c1C. The number of hydrogen-bond donors (Lipinski definition) is 1. The molecule has 0 atom stereocenters. The van der Waals surface area contributed by atoms with Crippen molar-refractivity contribution in [1.82, 2.24) is 0 Å². The summed E-state index contributed by atoms with van der Waals surface area (Å²) in [5.74, 6) is -0.667. The topological polar surface area (TPSA) is 95.7 Å². The first-order valence-corrected chi connectivity index (χ1v) is 8.27. The zero-order valence-electron chi connectivity index (χ0n) is 11.9. The molecule has 118 valence electrons. The second-order valence-electron chi connectivity index (χ2n) is 4.37. The van der Waals surface area contributed by atoms with E-state index in [0.717, 1.165) is 12.5 Å². The molecule has 0 amide bonds. The molecule has 6 nitrogen and oxygen atoms in total. The lowest BCUT2D eigenvalue weighted by Crippen LogP contribution is -2.16. The lowest BCUT2D eigenvalue weighted by molar-refractivity contribution is 0.0317. The van der Waals surface area contributed by atoms with E-state index in [-0.39, 0.29) is 28.7 Å². The first-order valence-electron chi connectivity index (χ1n) is 6.35. The summed E-state index contributed by atoms with van der Waals surface area (Å²) in [7, 11) is -3.95. The number of rotatable bonds is 7.